The van der Waals surface area contributed by atoms with E-state index in [2.05, 4.69) is 20.6 Å². The second-order valence-electron chi connectivity index (χ2n) is 5.83. The zero-order valence-corrected chi connectivity index (χ0v) is 13.5. The molecule has 116 valence electrons. The molecule has 4 nitrogen and oxygen atoms in total. The summed E-state index contributed by atoms with van der Waals surface area (Å²) in [6, 6.07) is 10.0. The molecule has 1 aromatic heterocycles. The number of rotatable bonds is 4. The van der Waals surface area contributed by atoms with Crippen LogP contribution in [0.5, 0.6) is 0 Å². The Morgan fingerprint density at radius 1 is 1.05 bits per heavy atom. The summed E-state index contributed by atoms with van der Waals surface area (Å²) in [4.78, 5) is 9.08. The Morgan fingerprint density at radius 2 is 1.77 bits per heavy atom. The zero-order valence-electron chi connectivity index (χ0n) is 12.8. The van der Waals surface area contributed by atoms with Gasteiger partial charge in [-0.2, -0.15) is 4.98 Å². The Bertz CT molecular complexity index is 621. The second kappa shape index (κ2) is 6.97. The van der Waals surface area contributed by atoms with E-state index in [-0.39, 0.29) is 0 Å². The van der Waals surface area contributed by atoms with Gasteiger partial charge in [-0.15, -0.1) is 0 Å². The van der Waals surface area contributed by atoms with Crippen LogP contribution in [-0.4, -0.2) is 16.0 Å². The Labute approximate surface area is 136 Å². The van der Waals surface area contributed by atoms with Crippen LogP contribution >= 0.6 is 11.6 Å². The van der Waals surface area contributed by atoms with Gasteiger partial charge in [-0.1, -0.05) is 30.9 Å². The van der Waals surface area contributed by atoms with Gasteiger partial charge in [-0.3, -0.25) is 0 Å². The van der Waals surface area contributed by atoms with E-state index in [0.29, 0.717) is 12.0 Å². The van der Waals surface area contributed by atoms with Gasteiger partial charge in [0.25, 0.3) is 0 Å². The highest BCUT2D eigenvalue weighted by atomic mass is 35.5. The van der Waals surface area contributed by atoms with Crippen LogP contribution in [0.1, 0.15) is 37.8 Å². The van der Waals surface area contributed by atoms with Gasteiger partial charge >= 0.3 is 0 Å². The predicted octanol–water partition coefficient (Wildman–Crippen LogP) is 4.93. The molecule has 0 radical (unpaired) electrons. The monoisotopic (exact) mass is 316 g/mol. The lowest BCUT2D eigenvalue weighted by molar-refractivity contribution is 0.461. The number of nitrogens with zero attached hydrogens (tertiary/aromatic N) is 2. The maximum absolute atomic E-state index is 5.91. The Morgan fingerprint density at radius 3 is 2.50 bits per heavy atom. The van der Waals surface area contributed by atoms with Gasteiger partial charge in [0.1, 0.15) is 5.82 Å². The first kappa shape index (κ1) is 15.1. The Hall–Kier alpha value is -1.81. The van der Waals surface area contributed by atoms with Crippen molar-refractivity contribution < 1.29 is 0 Å². The van der Waals surface area contributed by atoms with Crippen LogP contribution in [0.3, 0.4) is 0 Å². The average molecular weight is 317 g/mol. The maximum atomic E-state index is 5.91. The quantitative estimate of drug-likeness (QED) is 0.840. The largest absolute Gasteiger partial charge is 0.351 e. The lowest BCUT2D eigenvalue weighted by atomic mass is 9.96. The molecule has 0 unspecified atom stereocenters. The minimum Gasteiger partial charge on any atom is -0.351 e. The molecule has 0 amide bonds. The summed E-state index contributed by atoms with van der Waals surface area (Å²) in [5.41, 5.74) is 1.91. The topological polar surface area (TPSA) is 49.8 Å². The third-order valence-electron chi connectivity index (χ3n) is 3.91. The number of aromatic nitrogens is 2. The standard InChI is InChI=1S/C17H21ClN4/c1-12-11-16(20-15-9-7-13(18)8-10-15)22-17(19-12)21-14-5-3-2-4-6-14/h7-11,14H,2-6H2,1H3,(H2,19,20,21,22). The molecule has 0 bridgehead atoms. The van der Waals surface area contributed by atoms with Crippen molar-refractivity contribution in [2.24, 2.45) is 0 Å². The third kappa shape index (κ3) is 4.10. The summed E-state index contributed by atoms with van der Waals surface area (Å²) >= 11 is 5.91. The van der Waals surface area contributed by atoms with Crippen LogP contribution in [0.2, 0.25) is 5.02 Å². The van der Waals surface area contributed by atoms with Crippen molar-refractivity contribution in [2.45, 2.75) is 45.1 Å². The zero-order chi connectivity index (χ0) is 15.4. The highest BCUT2D eigenvalue weighted by Gasteiger charge is 2.14. The number of hydrogen-bond acceptors (Lipinski definition) is 4. The van der Waals surface area contributed by atoms with Crippen LogP contribution in [-0.2, 0) is 0 Å². The summed E-state index contributed by atoms with van der Waals surface area (Å²) in [5.74, 6) is 1.51. The smallest absolute Gasteiger partial charge is 0.225 e. The van der Waals surface area contributed by atoms with Crippen molar-refractivity contribution in [3.63, 3.8) is 0 Å². The molecule has 1 aliphatic rings. The summed E-state index contributed by atoms with van der Waals surface area (Å²) < 4.78 is 0. The Kier molecular flexibility index (Phi) is 4.78. The summed E-state index contributed by atoms with van der Waals surface area (Å²) in [5, 5.41) is 7.50. The van der Waals surface area contributed by atoms with Gasteiger partial charge < -0.3 is 10.6 Å². The summed E-state index contributed by atoms with van der Waals surface area (Å²) in [6.45, 7) is 1.99. The predicted molar refractivity (Wildman–Crippen MR) is 92.0 cm³/mol. The number of aryl methyl sites for hydroxylation is 1. The number of halogens is 1. The first-order valence-corrected chi connectivity index (χ1v) is 8.22. The van der Waals surface area contributed by atoms with E-state index in [4.69, 9.17) is 11.6 Å². The van der Waals surface area contributed by atoms with Crippen molar-refractivity contribution in [3.05, 3.63) is 41.0 Å². The molecule has 0 atom stereocenters. The van der Waals surface area contributed by atoms with Gasteiger partial charge in [-0.25, -0.2) is 4.98 Å². The van der Waals surface area contributed by atoms with Crippen LogP contribution < -0.4 is 10.6 Å². The van der Waals surface area contributed by atoms with Gasteiger partial charge in [0.2, 0.25) is 5.95 Å². The van der Waals surface area contributed by atoms with E-state index in [1.54, 1.807) is 0 Å². The van der Waals surface area contributed by atoms with Crippen molar-refractivity contribution in [1.29, 1.82) is 0 Å². The van der Waals surface area contributed by atoms with Crippen molar-refractivity contribution in [3.8, 4) is 0 Å². The molecule has 1 aliphatic carbocycles. The first-order chi connectivity index (χ1) is 10.7. The second-order valence-corrected chi connectivity index (χ2v) is 6.27. The van der Waals surface area contributed by atoms with Crippen molar-refractivity contribution in [2.75, 3.05) is 10.6 Å². The molecule has 2 aromatic rings. The molecule has 1 saturated carbocycles. The first-order valence-electron chi connectivity index (χ1n) is 7.84. The van der Waals surface area contributed by atoms with E-state index in [0.717, 1.165) is 22.2 Å². The van der Waals surface area contributed by atoms with Crippen LogP contribution in [0.25, 0.3) is 0 Å². The molecule has 5 heteroatoms. The lowest BCUT2D eigenvalue weighted by Gasteiger charge is -2.23. The molecular weight excluding hydrogens is 296 g/mol. The minimum absolute atomic E-state index is 0.499. The van der Waals surface area contributed by atoms with Gasteiger partial charge in [-0.05, 0) is 44.0 Å². The Balaban J connectivity index is 1.72. The molecule has 2 N–H and O–H groups in total. The molecule has 22 heavy (non-hydrogen) atoms. The lowest BCUT2D eigenvalue weighted by Crippen LogP contribution is -2.23. The fraction of sp³-hybridized carbons (Fsp3) is 0.412. The molecular formula is C17H21ClN4. The van der Waals surface area contributed by atoms with E-state index >= 15 is 0 Å². The SMILES string of the molecule is Cc1cc(Nc2ccc(Cl)cc2)nc(NC2CCCCC2)n1. The maximum Gasteiger partial charge on any atom is 0.225 e. The fourth-order valence-corrected chi connectivity index (χ4v) is 2.93. The molecule has 1 heterocycles. The summed E-state index contributed by atoms with van der Waals surface area (Å²) in [7, 11) is 0. The van der Waals surface area contributed by atoms with E-state index in [9.17, 15) is 0 Å². The number of nitrogens with one attached hydrogen (secondary N) is 2. The highest BCUT2D eigenvalue weighted by molar-refractivity contribution is 6.30. The molecule has 1 aromatic carbocycles. The highest BCUT2D eigenvalue weighted by Crippen LogP contribution is 2.22. The molecule has 1 fully saturated rings. The summed E-state index contributed by atoms with van der Waals surface area (Å²) in [6.07, 6.45) is 6.34. The molecule has 0 aliphatic heterocycles. The number of hydrogen-bond donors (Lipinski definition) is 2. The van der Waals surface area contributed by atoms with E-state index in [1.807, 2.05) is 37.3 Å². The minimum atomic E-state index is 0.499. The van der Waals surface area contributed by atoms with Gasteiger partial charge in [0.05, 0.1) is 0 Å². The third-order valence-corrected chi connectivity index (χ3v) is 4.16. The number of anilines is 3. The van der Waals surface area contributed by atoms with Gasteiger partial charge in [0, 0.05) is 28.5 Å². The average Bonchev–Trinajstić information content (AvgIpc) is 2.50. The van der Waals surface area contributed by atoms with Crippen molar-refractivity contribution in [1.82, 2.24) is 9.97 Å². The van der Waals surface area contributed by atoms with Gasteiger partial charge in [0.15, 0.2) is 0 Å². The normalized spacial score (nSPS) is 15.5. The van der Waals surface area contributed by atoms with E-state index in [1.165, 1.54) is 32.1 Å². The van der Waals surface area contributed by atoms with Crippen LogP contribution in [0.4, 0.5) is 17.5 Å². The van der Waals surface area contributed by atoms with Crippen molar-refractivity contribution >= 4 is 29.1 Å². The fourth-order valence-electron chi connectivity index (χ4n) is 2.81. The molecule has 3 rings (SSSR count). The molecule has 0 spiro atoms. The van der Waals surface area contributed by atoms with Crippen LogP contribution in [0.15, 0.2) is 30.3 Å². The van der Waals surface area contributed by atoms with E-state index < -0.39 is 0 Å². The molecule has 0 saturated heterocycles. The van der Waals surface area contributed by atoms with Crippen LogP contribution in [0, 0.1) is 6.92 Å². The number of benzene rings is 1.